The van der Waals surface area contributed by atoms with Gasteiger partial charge in [-0.25, -0.2) is 16.8 Å². The Morgan fingerprint density at radius 3 is 2.26 bits per heavy atom. The Hall–Kier alpha value is -2.59. The second-order valence-corrected chi connectivity index (χ2v) is 9.21. The summed E-state index contributed by atoms with van der Waals surface area (Å²) in [7, 11) is -6.21. The van der Waals surface area contributed by atoms with Crippen LogP contribution < -0.4 is 14.2 Å². The Kier molecular flexibility index (Phi) is 5.38. The first-order valence-corrected chi connectivity index (χ1v) is 11.1. The second-order valence-electron chi connectivity index (χ2n) is 5.85. The molecule has 2 aromatic rings. The van der Waals surface area contributed by atoms with Gasteiger partial charge in [-0.2, -0.15) is 0 Å². The van der Waals surface area contributed by atoms with E-state index < -0.39 is 20.0 Å². The average molecular weight is 409 g/mol. The number of ether oxygens (including phenoxy) is 1. The highest BCUT2D eigenvalue weighted by Gasteiger charge is 2.20. The largest absolute Gasteiger partial charge is 0.497 e. The lowest BCUT2D eigenvalue weighted by Gasteiger charge is -2.11. The van der Waals surface area contributed by atoms with Crippen LogP contribution in [0.4, 0.5) is 5.69 Å². The maximum atomic E-state index is 12.5. The van der Waals surface area contributed by atoms with Gasteiger partial charge in [-0.3, -0.25) is 14.4 Å². The summed E-state index contributed by atoms with van der Waals surface area (Å²) < 4.78 is 59.8. The van der Waals surface area contributed by atoms with Crippen molar-refractivity contribution in [3.8, 4) is 5.75 Å². The minimum absolute atomic E-state index is 0.0370. The van der Waals surface area contributed by atoms with Crippen LogP contribution in [-0.4, -0.2) is 36.3 Å². The maximum Gasteiger partial charge on any atom is 0.262 e. The smallest absolute Gasteiger partial charge is 0.262 e. The number of benzene rings is 2. The minimum atomic E-state index is -3.87. The number of hydrogen-bond acceptors (Lipinski definition) is 6. The van der Waals surface area contributed by atoms with Crippen molar-refractivity contribution >= 4 is 31.6 Å². The number of methoxy groups -OCH3 is 1. The van der Waals surface area contributed by atoms with E-state index in [1.165, 1.54) is 55.6 Å². The monoisotopic (exact) mass is 409 g/mol. The molecular formula is C17H19N3O5S2. The molecular weight excluding hydrogens is 390 g/mol. The van der Waals surface area contributed by atoms with Gasteiger partial charge >= 0.3 is 0 Å². The number of nitrogens with one attached hydrogen (secondary N) is 2. The number of rotatable bonds is 6. The molecule has 144 valence electrons. The normalized spacial score (nSPS) is 14.5. The van der Waals surface area contributed by atoms with E-state index in [9.17, 15) is 16.8 Å². The SMILES string of the molecule is COc1ccc(S(=O)(=O)Nc2cccc(S(=O)(=O)NC3=NCCC3)c2)cc1. The molecule has 0 bridgehead atoms. The van der Waals surface area contributed by atoms with E-state index in [0.717, 1.165) is 6.42 Å². The quantitative estimate of drug-likeness (QED) is 0.757. The van der Waals surface area contributed by atoms with Gasteiger partial charge in [0.15, 0.2) is 0 Å². The zero-order chi connectivity index (χ0) is 19.5. The average Bonchev–Trinajstić information content (AvgIpc) is 3.14. The van der Waals surface area contributed by atoms with Gasteiger partial charge in [0.1, 0.15) is 11.6 Å². The van der Waals surface area contributed by atoms with Crippen molar-refractivity contribution in [3.63, 3.8) is 0 Å². The first kappa shape index (κ1) is 19.2. The summed E-state index contributed by atoms with van der Waals surface area (Å²) in [5, 5.41) is 0. The van der Waals surface area contributed by atoms with Gasteiger partial charge in [-0.05, 0) is 48.9 Å². The molecule has 0 atom stereocenters. The highest BCUT2D eigenvalue weighted by molar-refractivity contribution is 7.92. The molecule has 0 aliphatic carbocycles. The van der Waals surface area contributed by atoms with Gasteiger partial charge in [-0.1, -0.05) is 6.07 Å². The van der Waals surface area contributed by atoms with Gasteiger partial charge in [0.05, 0.1) is 22.6 Å². The third-order valence-electron chi connectivity index (χ3n) is 3.89. The Balaban J connectivity index is 1.82. The minimum Gasteiger partial charge on any atom is -0.497 e. The van der Waals surface area contributed by atoms with E-state index >= 15 is 0 Å². The molecule has 0 amide bonds. The number of anilines is 1. The van der Waals surface area contributed by atoms with Gasteiger partial charge in [0, 0.05) is 13.0 Å². The fourth-order valence-corrected chi connectivity index (χ4v) is 4.72. The third-order valence-corrected chi connectivity index (χ3v) is 6.67. The maximum absolute atomic E-state index is 12.5. The molecule has 2 aromatic carbocycles. The van der Waals surface area contributed by atoms with Crippen LogP contribution in [0.25, 0.3) is 0 Å². The van der Waals surface area contributed by atoms with Crippen LogP contribution in [0.1, 0.15) is 12.8 Å². The highest BCUT2D eigenvalue weighted by atomic mass is 32.2. The lowest BCUT2D eigenvalue weighted by Crippen LogP contribution is -2.29. The molecule has 0 radical (unpaired) electrons. The Labute approximate surface area is 158 Å². The summed E-state index contributed by atoms with van der Waals surface area (Å²) in [5.74, 6) is 0.946. The van der Waals surface area contributed by atoms with Crippen molar-refractivity contribution in [1.82, 2.24) is 4.72 Å². The van der Waals surface area contributed by atoms with Gasteiger partial charge < -0.3 is 4.74 Å². The molecule has 27 heavy (non-hydrogen) atoms. The van der Waals surface area contributed by atoms with Crippen molar-refractivity contribution in [3.05, 3.63) is 48.5 Å². The molecule has 3 rings (SSSR count). The van der Waals surface area contributed by atoms with Crippen LogP contribution in [-0.2, 0) is 20.0 Å². The number of amidine groups is 1. The van der Waals surface area contributed by atoms with E-state index in [0.29, 0.717) is 24.6 Å². The lowest BCUT2D eigenvalue weighted by molar-refractivity contribution is 0.414. The fourth-order valence-electron chi connectivity index (χ4n) is 2.53. The van der Waals surface area contributed by atoms with Crippen LogP contribution >= 0.6 is 0 Å². The Bertz CT molecular complexity index is 1060. The molecule has 8 nitrogen and oxygen atoms in total. The molecule has 1 heterocycles. The van der Waals surface area contributed by atoms with Crippen LogP contribution in [0.2, 0.25) is 0 Å². The predicted molar refractivity (Wildman–Crippen MR) is 102 cm³/mol. The van der Waals surface area contributed by atoms with Gasteiger partial charge in [-0.15, -0.1) is 0 Å². The summed E-state index contributed by atoms with van der Waals surface area (Å²) in [5.41, 5.74) is 0.141. The van der Waals surface area contributed by atoms with Crippen molar-refractivity contribution in [2.24, 2.45) is 4.99 Å². The first-order valence-electron chi connectivity index (χ1n) is 8.13. The molecule has 0 saturated carbocycles. The molecule has 0 spiro atoms. The molecule has 2 N–H and O–H groups in total. The standard InChI is InChI=1S/C17H19N3O5S2/c1-25-14-7-9-15(10-8-14)26(21,22)19-13-4-2-5-16(12-13)27(23,24)20-17-6-3-11-18-17/h2,4-5,7-10,12,19H,3,6,11H2,1H3,(H,18,20). The van der Waals surface area contributed by atoms with Crippen LogP contribution in [0.5, 0.6) is 5.75 Å². The molecule has 1 aliphatic heterocycles. The third kappa shape index (κ3) is 4.58. The first-order chi connectivity index (χ1) is 12.8. The van der Waals surface area contributed by atoms with Crippen LogP contribution in [0, 0.1) is 0 Å². The molecule has 0 unspecified atom stereocenters. The number of nitrogens with zero attached hydrogens (tertiary/aromatic N) is 1. The Morgan fingerprint density at radius 1 is 0.926 bits per heavy atom. The van der Waals surface area contributed by atoms with E-state index in [2.05, 4.69) is 14.4 Å². The van der Waals surface area contributed by atoms with Crippen molar-refractivity contribution in [2.45, 2.75) is 22.6 Å². The van der Waals surface area contributed by atoms with Crippen LogP contribution in [0.3, 0.4) is 0 Å². The van der Waals surface area contributed by atoms with E-state index in [4.69, 9.17) is 4.74 Å². The molecule has 0 fully saturated rings. The van der Waals surface area contributed by atoms with Crippen molar-refractivity contribution < 1.29 is 21.6 Å². The molecule has 0 aromatic heterocycles. The second kappa shape index (κ2) is 7.57. The topological polar surface area (TPSA) is 114 Å². The summed E-state index contributed by atoms with van der Waals surface area (Å²) >= 11 is 0. The molecule has 1 aliphatic rings. The van der Waals surface area contributed by atoms with E-state index in [1.807, 2.05) is 0 Å². The van der Waals surface area contributed by atoms with E-state index in [1.54, 1.807) is 0 Å². The summed E-state index contributed by atoms with van der Waals surface area (Å²) in [6.45, 7) is 0.597. The lowest BCUT2D eigenvalue weighted by atomic mass is 10.3. The number of aliphatic imine (C=N–C) groups is 1. The summed E-state index contributed by atoms with van der Waals surface area (Å²) in [6.07, 6.45) is 1.38. The van der Waals surface area contributed by atoms with Gasteiger partial charge in [0.2, 0.25) is 0 Å². The number of sulfonamides is 2. The molecule has 0 saturated heterocycles. The highest BCUT2D eigenvalue weighted by Crippen LogP contribution is 2.21. The van der Waals surface area contributed by atoms with Crippen molar-refractivity contribution in [1.29, 1.82) is 0 Å². The Morgan fingerprint density at radius 2 is 1.63 bits per heavy atom. The summed E-state index contributed by atoms with van der Waals surface area (Å²) in [4.78, 5) is 4.07. The van der Waals surface area contributed by atoms with Crippen molar-refractivity contribution in [2.75, 3.05) is 18.4 Å². The van der Waals surface area contributed by atoms with E-state index in [-0.39, 0.29) is 15.5 Å². The van der Waals surface area contributed by atoms with Gasteiger partial charge in [0.25, 0.3) is 20.0 Å². The number of hydrogen-bond donors (Lipinski definition) is 2. The van der Waals surface area contributed by atoms with Crippen LogP contribution in [0.15, 0.2) is 63.3 Å². The predicted octanol–water partition coefficient (Wildman–Crippen LogP) is 1.97. The fraction of sp³-hybridized carbons (Fsp3) is 0.235. The summed E-state index contributed by atoms with van der Waals surface area (Å²) in [6, 6.07) is 11.5. The zero-order valence-electron chi connectivity index (χ0n) is 14.5. The molecule has 10 heteroatoms. The zero-order valence-corrected chi connectivity index (χ0v) is 16.2.